The summed E-state index contributed by atoms with van der Waals surface area (Å²) in [6, 6.07) is 10.3. The zero-order valence-corrected chi connectivity index (χ0v) is 14.5. The molecule has 1 aliphatic heterocycles. The first-order valence-electron chi connectivity index (χ1n) is 8.02. The van der Waals surface area contributed by atoms with Crippen LogP contribution in [0.25, 0.3) is 0 Å². The maximum absolute atomic E-state index is 12.8. The Bertz CT molecular complexity index is 722. The quantitative estimate of drug-likeness (QED) is 0.864. The minimum absolute atomic E-state index is 0.0558. The predicted octanol–water partition coefficient (Wildman–Crippen LogP) is 3.49. The van der Waals surface area contributed by atoms with Crippen LogP contribution in [0.1, 0.15) is 23.2 Å². The van der Waals surface area contributed by atoms with Crippen LogP contribution in [0.2, 0.25) is 0 Å². The summed E-state index contributed by atoms with van der Waals surface area (Å²) in [5.74, 6) is 0.209. The van der Waals surface area contributed by atoms with Gasteiger partial charge < -0.3 is 10.6 Å². The molecule has 0 atom stereocenters. The Kier molecular flexibility index (Phi) is 4.97. The molecule has 0 spiro atoms. The Balaban J connectivity index is 1.85. The van der Waals surface area contributed by atoms with Gasteiger partial charge in [0.1, 0.15) is 5.00 Å². The summed E-state index contributed by atoms with van der Waals surface area (Å²) in [6.45, 7) is 1.89. The molecule has 0 unspecified atom stereocenters. The summed E-state index contributed by atoms with van der Waals surface area (Å²) in [4.78, 5) is 28.4. The van der Waals surface area contributed by atoms with Crippen LogP contribution in [-0.4, -0.2) is 36.9 Å². The second kappa shape index (κ2) is 7.15. The monoisotopic (exact) mass is 343 g/mol. The molecule has 1 aliphatic rings. The summed E-state index contributed by atoms with van der Waals surface area (Å²) in [5.41, 5.74) is 6.82. The highest BCUT2D eigenvalue weighted by molar-refractivity contribution is 7.14. The fourth-order valence-corrected chi connectivity index (χ4v) is 3.82. The minimum Gasteiger partial charge on any atom is -0.351 e. The number of rotatable bonds is 4. The summed E-state index contributed by atoms with van der Waals surface area (Å²) in [5, 5.41) is 2.63. The molecule has 2 aromatic rings. The van der Waals surface area contributed by atoms with Gasteiger partial charge in [0.25, 0.3) is 0 Å². The molecule has 126 valence electrons. The molecule has 0 bridgehead atoms. The van der Waals surface area contributed by atoms with E-state index in [4.69, 9.17) is 5.73 Å². The van der Waals surface area contributed by atoms with Gasteiger partial charge in [0, 0.05) is 11.5 Å². The standard InChI is InChI=1S/C18H21N3O2S/c1-20-9-7-13(8-10-20)17(22)14-4-2-5-15(12-14)21(18(19)23)16-6-3-11-24-16/h2-6,11-13H,7-10H2,1H3,(H2,19,23). The number of hydrogen-bond acceptors (Lipinski definition) is 4. The molecule has 2 heterocycles. The van der Waals surface area contributed by atoms with Gasteiger partial charge in [0.05, 0.1) is 5.69 Å². The van der Waals surface area contributed by atoms with Crippen molar-refractivity contribution in [2.45, 2.75) is 12.8 Å². The number of nitrogens with zero attached hydrogens (tertiary/aromatic N) is 2. The normalized spacial score (nSPS) is 16.0. The molecule has 0 saturated carbocycles. The third kappa shape index (κ3) is 3.49. The molecule has 6 heteroatoms. The molecular weight excluding hydrogens is 322 g/mol. The Morgan fingerprint density at radius 3 is 2.58 bits per heavy atom. The van der Waals surface area contributed by atoms with Crippen LogP contribution < -0.4 is 10.6 Å². The lowest BCUT2D eigenvalue weighted by Gasteiger charge is -2.28. The number of piperidine rings is 1. The van der Waals surface area contributed by atoms with Crippen molar-refractivity contribution in [3.63, 3.8) is 0 Å². The van der Waals surface area contributed by atoms with Crippen molar-refractivity contribution in [3.8, 4) is 0 Å². The van der Waals surface area contributed by atoms with Gasteiger partial charge in [-0.05, 0) is 62.6 Å². The second-order valence-electron chi connectivity index (χ2n) is 6.12. The molecule has 0 aliphatic carbocycles. The van der Waals surface area contributed by atoms with E-state index in [0.717, 1.165) is 30.9 Å². The molecule has 2 amide bonds. The highest BCUT2D eigenvalue weighted by atomic mass is 32.1. The van der Waals surface area contributed by atoms with E-state index in [1.807, 2.05) is 23.6 Å². The molecule has 24 heavy (non-hydrogen) atoms. The molecule has 2 N–H and O–H groups in total. The maximum atomic E-state index is 12.8. The highest BCUT2D eigenvalue weighted by Crippen LogP contribution is 2.31. The summed E-state index contributed by atoms with van der Waals surface area (Å²) in [6.07, 6.45) is 1.76. The second-order valence-corrected chi connectivity index (χ2v) is 7.04. The summed E-state index contributed by atoms with van der Waals surface area (Å²) < 4.78 is 0. The fraction of sp³-hybridized carbons (Fsp3) is 0.333. The molecule has 3 rings (SSSR count). The third-order valence-corrected chi connectivity index (χ3v) is 5.28. The van der Waals surface area contributed by atoms with Gasteiger partial charge in [-0.25, -0.2) is 4.79 Å². The zero-order chi connectivity index (χ0) is 17.1. The van der Waals surface area contributed by atoms with E-state index >= 15 is 0 Å². The third-order valence-electron chi connectivity index (χ3n) is 4.43. The van der Waals surface area contributed by atoms with E-state index in [1.54, 1.807) is 18.2 Å². The highest BCUT2D eigenvalue weighted by Gasteiger charge is 2.25. The van der Waals surface area contributed by atoms with Crippen LogP contribution in [0.5, 0.6) is 0 Å². The van der Waals surface area contributed by atoms with Gasteiger partial charge in [-0.3, -0.25) is 9.69 Å². The van der Waals surface area contributed by atoms with Crippen LogP contribution in [0, 0.1) is 5.92 Å². The number of ketones is 1. The number of carbonyl (C=O) groups is 2. The predicted molar refractivity (Wildman–Crippen MR) is 97.0 cm³/mol. The lowest BCUT2D eigenvalue weighted by Crippen LogP contribution is -2.34. The SMILES string of the molecule is CN1CCC(C(=O)c2cccc(N(C(N)=O)c3cccs3)c2)CC1. The van der Waals surface area contributed by atoms with Crippen molar-refractivity contribution >= 4 is 33.8 Å². The van der Waals surface area contributed by atoms with Gasteiger partial charge in [0.2, 0.25) is 0 Å². The van der Waals surface area contributed by atoms with Crippen molar-refractivity contribution in [1.29, 1.82) is 0 Å². The topological polar surface area (TPSA) is 66.6 Å². The number of thiophene rings is 1. The molecule has 5 nitrogen and oxygen atoms in total. The van der Waals surface area contributed by atoms with Crippen LogP contribution in [-0.2, 0) is 0 Å². The van der Waals surface area contributed by atoms with Crippen molar-refractivity contribution in [2.24, 2.45) is 11.7 Å². The van der Waals surface area contributed by atoms with Crippen LogP contribution in [0.4, 0.5) is 15.5 Å². The number of Topliss-reactive ketones (excluding diaryl/α,β-unsaturated/α-hetero) is 1. The summed E-state index contributed by atoms with van der Waals surface area (Å²) in [7, 11) is 2.08. The number of nitrogens with two attached hydrogens (primary N) is 1. The number of anilines is 2. The Morgan fingerprint density at radius 2 is 1.96 bits per heavy atom. The zero-order valence-electron chi connectivity index (χ0n) is 13.6. The van der Waals surface area contributed by atoms with Crippen LogP contribution in [0.15, 0.2) is 41.8 Å². The molecule has 0 radical (unpaired) electrons. The molecule has 1 fully saturated rings. The molecular formula is C18H21N3O2S. The fourth-order valence-electron chi connectivity index (χ4n) is 3.06. The van der Waals surface area contributed by atoms with Crippen LogP contribution in [0.3, 0.4) is 0 Å². The van der Waals surface area contributed by atoms with Crippen molar-refractivity contribution in [3.05, 3.63) is 47.3 Å². The Morgan fingerprint density at radius 1 is 1.21 bits per heavy atom. The number of carbonyl (C=O) groups excluding carboxylic acids is 2. The molecule has 1 aromatic heterocycles. The van der Waals surface area contributed by atoms with Crippen LogP contribution >= 0.6 is 11.3 Å². The average molecular weight is 343 g/mol. The number of benzene rings is 1. The first-order valence-corrected chi connectivity index (χ1v) is 8.90. The van der Waals surface area contributed by atoms with E-state index in [9.17, 15) is 9.59 Å². The number of primary amides is 1. The maximum Gasteiger partial charge on any atom is 0.324 e. The number of hydrogen-bond donors (Lipinski definition) is 1. The van der Waals surface area contributed by atoms with E-state index in [1.165, 1.54) is 16.2 Å². The van der Waals surface area contributed by atoms with Gasteiger partial charge in [-0.2, -0.15) is 0 Å². The first kappa shape index (κ1) is 16.7. The van der Waals surface area contributed by atoms with Gasteiger partial charge in [-0.15, -0.1) is 11.3 Å². The van der Waals surface area contributed by atoms with Crippen molar-refractivity contribution < 1.29 is 9.59 Å². The number of urea groups is 1. The van der Waals surface area contributed by atoms with Gasteiger partial charge >= 0.3 is 6.03 Å². The number of likely N-dealkylation sites (tertiary alicyclic amines) is 1. The van der Waals surface area contributed by atoms with E-state index in [-0.39, 0.29) is 11.7 Å². The van der Waals surface area contributed by atoms with Crippen molar-refractivity contribution in [1.82, 2.24) is 4.90 Å². The van der Waals surface area contributed by atoms with E-state index in [0.29, 0.717) is 11.3 Å². The minimum atomic E-state index is -0.554. The number of amides is 2. The lowest BCUT2D eigenvalue weighted by molar-refractivity contribution is 0.0857. The van der Waals surface area contributed by atoms with E-state index in [2.05, 4.69) is 11.9 Å². The van der Waals surface area contributed by atoms with Gasteiger partial charge in [-0.1, -0.05) is 12.1 Å². The summed E-state index contributed by atoms with van der Waals surface area (Å²) >= 11 is 1.43. The van der Waals surface area contributed by atoms with Crippen molar-refractivity contribution in [2.75, 3.05) is 25.0 Å². The lowest BCUT2D eigenvalue weighted by atomic mass is 9.89. The smallest absolute Gasteiger partial charge is 0.324 e. The Hall–Kier alpha value is -2.18. The first-order chi connectivity index (χ1) is 11.6. The molecule has 1 aromatic carbocycles. The van der Waals surface area contributed by atoms with E-state index < -0.39 is 6.03 Å². The largest absolute Gasteiger partial charge is 0.351 e. The molecule has 1 saturated heterocycles. The Labute approximate surface area is 145 Å². The van der Waals surface area contributed by atoms with Gasteiger partial charge in [0.15, 0.2) is 5.78 Å². The average Bonchev–Trinajstić information content (AvgIpc) is 3.09.